The van der Waals surface area contributed by atoms with E-state index in [-0.39, 0.29) is 23.6 Å². The standard InChI is InChI=1S/C30H26ClN3O6/c1-18(35)23-14-11-21(31)16-24(23)25-17-27(36)34(33-29(25)39-2)26(15-19-7-5-4-6-8-19)28(37)32-22-12-9-20(10-13-22)30(38)40-3/h4-14,16-17,26H,15H2,1-3H3,(H,32,37)/t26-/m0/s1. The zero-order valence-electron chi connectivity index (χ0n) is 22.0. The van der Waals surface area contributed by atoms with E-state index in [0.717, 1.165) is 10.2 Å². The summed E-state index contributed by atoms with van der Waals surface area (Å²) in [6, 6.07) is 20.3. The van der Waals surface area contributed by atoms with Gasteiger partial charge in [0.1, 0.15) is 6.04 Å². The number of ether oxygens (including phenoxy) is 2. The van der Waals surface area contributed by atoms with Gasteiger partial charge in [0.15, 0.2) is 5.78 Å². The first-order chi connectivity index (χ1) is 19.2. The van der Waals surface area contributed by atoms with Crippen molar-refractivity contribution < 1.29 is 23.9 Å². The van der Waals surface area contributed by atoms with E-state index in [1.165, 1.54) is 39.3 Å². The second-order valence-corrected chi connectivity index (χ2v) is 9.30. The van der Waals surface area contributed by atoms with E-state index in [4.69, 9.17) is 21.1 Å². The molecule has 9 nitrogen and oxygen atoms in total. The lowest BCUT2D eigenvalue weighted by Crippen LogP contribution is -2.36. The van der Waals surface area contributed by atoms with Gasteiger partial charge in [-0.1, -0.05) is 41.9 Å². The summed E-state index contributed by atoms with van der Waals surface area (Å²) in [6.45, 7) is 1.41. The molecular formula is C30H26ClN3O6. The maximum atomic E-state index is 13.6. The third kappa shape index (κ3) is 6.27. The van der Waals surface area contributed by atoms with Crippen LogP contribution >= 0.6 is 11.6 Å². The average molecular weight is 560 g/mol. The van der Waals surface area contributed by atoms with Crippen molar-refractivity contribution in [3.63, 3.8) is 0 Å². The summed E-state index contributed by atoms with van der Waals surface area (Å²) in [6.07, 6.45) is 0.151. The molecule has 204 valence electrons. The maximum Gasteiger partial charge on any atom is 0.337 e. The highest BCUT2D eigenvalue weighted by molar-refractivity contribution is 6.31. The number of carbonyl (C=O) groups is 3. The molecule has 10 heteroatoms. The number of amides is 1. The number of halogens is 1. The van der Waals surface area contributed by atoms with Crippen LogP contribution in [0.3, 0.4) is 0 Å². The number of ketones is 1. The smallest absolute Gasteiger partial charge is 0.337 e. The highest BCUT2D eigenvalue weighted by Crippen LogP contribution is 2.32. The molecule has 1 atom stereocenters. The number of hydrogen-bond acceptors (Lipinski definition) is 7. The van der Waals surface area contributed by atoms with Gasteiger partial charge < -0.3 is 14.8 Å². The van der Waals surface area contributed by atoms with Crippen molar-refractivity contribution in [3.05, 3.63) is 111 Å². The van der Waals surface area contributed by atoms with Gasteiger partial charge in [-0.3, -0.25) is 14.4 Å². The van der Waals surface area contributed by atoms with Crippen molar-refractivity contribution >= 4 is 34.9 Å². The SMILES string of the molecule is COC(=O)c1ccc(NC(=O)[C@H](Cc2ccccc2)n2nc(OC)c(-c3cc(Cl)ccc3C(C)=O)cc2=O)cc1. The first kappa shape index (κ1) is 28.3. The number of aromatic nitrogens is 2. The third-order valence-electron chi connectivity index (χ3n) is 6.21. The number of carbonyl (C=O) groups excluding carboxylic acids is 3. The van der Waals surface area contributed by atoms with Crippen molar-refractivity contribution in [1.29, 1.82) is 0 Å². The summed E-state index contributed by atoms with van der Waals surface area (Å²) >= 11 is 6.20. The number of anilines is 1. The van der Waals surface area contributed by atoms with Gasteiger partial charge in [-0.15, -0.1) is 5.10 Å². The molecule has 0 bridgehead atoms. The van der Waals surface area contributed by atoms with Gasteiger partial charge in [-0.05, 0) is 60.5 Å². The Morgan fingerprint density at radius 3 is 2.27 bits per heavy atom. The van der Waals surface area contributed by atoms with Gasteiger partial charge in [-0.25, -0.2) is 9.48 Å². The molecule has 4 rings (SSSR count). The second-order valence-electron chi connectivity index (χ2n) is 8.86. The molecule has 0 saturated carbocycles. The molecule has 0 aliphatic heterocycles. The number of nitrogens with zero attached hydrogens (tertiary/aromatic N) is 2. The van der Waals surface area contributed by atoms with E-state index in [2.05, 4.69) is 10.4 Å². The van der Waals surface area contributed by atoms with Crippen LogP contribution < -0.4 is 15.6 Å². The van der Waals surface area contributed by atoms with Crippen LogP contribution in [-0.4, -0.2) is 41.7 Å². The zero-order valence-corrected chi connectivity index (χ0v) is 22.8. The molecule has 0 unspecified atom stereocenters. The van der Waals surface area contributed by atoms with Crippen molar-refractivity contribution in [3.8, 4) is 17.0 Å². The van der Waals surface area contributed by atoms with Crippen molar-refractivity contribution in [1.82, 2.24) is 9.78 Å². The number of nitrogens with one attached hydrogen (secondary N) is 1. The lowest BCUT2D eigenvalue weighted by Gasteiger charge is -2.20. The molecule has 40 heavy (non-hydrogen) atoms. The minimum atomic E-state index is -1.07. The van der Waals surface area contributed by atoms with Crippen molar-refractivity contribution in [2.75, 3.05) is 19.5 Å². The molecule has 0 saturated heterocycles. The normalized spacial score (nSPS) is 11.4. The van der Waals surface area contributed by atoms with Gasteiger partial charge in [0, 0.05) is 28.8 Å². The van der Waals surface area contributed by atoms with Crippen LogP contribution in [0.5, 0.6) is 5.88 Å². The molecule has 3 aromatic carbocycles. The van der Waals surface area contributed by atoms with Crippen LogP contribution in [0.1, 0.15) is 39.2 Å². The predicted octanol–water partition coefficient (Wildman–Crippen LogP) is 4.98. The molecule has 0 fully saturated rings. The van der Waals surface area contributed by atoms with Crippen LogP contribution in [0.25, 0.3) is 11.1 Å². The summed E-state index contributed by atoms with van der Waals surface area (Å²) in [4.78, 5) is 51.1. The monoisotopic (exact) mass is 559 g/mol. The molecule has 4 aromatic rings. The number of methoxy groups -OCH3 is 2. The number of hydrogen-bond donors (Lipinski definition) is 1. The van der Waals surface area contributed by atoms with Gasteiger partial charge in [-0.2, -0.15) is 0 Å². The van der Waals surface area contributed by atoms with Crippen molar-refractivity contribution in [2.24, 2.45) is 0 Å². The first-order valence-electron chi connectivity index (χ1n) is 12.2. The number of Topliss-reactive ketones (excluding diaryl/α,β-unsaturated/α-hetero) is 1. The number of esters is 1. The molecule has 1 N–H and O–H groups in total. The Bertz CT molecular complexity index is 1620. The fourth-order valence-electron chi connectivity index (χ4n) is 4.23. The van der Waals surface area contributed by atoms with E-state index < -0.39 is 23.5 Å². The van der Waals surface area contributed by atoms with E-state index in [0.29, 0.717) is 27.4 Å². The van der Waals surface area contributed by atoms with E-state index >= 15 is 0 Å². The Morgan fingerprint density at radius 2 is 1.65 bits per heavy atom. The van der Waals surface area contributed by atoms with Crippen LogP contribution in [0.4, 0.5) is 5.69 Å². The molecule has 1 aromatic heterocycles. The number of rotatable bonds is 9. The minimum absolute atomic E-state index is 0.0395. The van der Waals surface area contributed by atoms with Crippen LogP contribution in [-0.2, 0) is 16.0 Å². The van der Waals surface area contributed by atoms with E-state index in [1.807, 2.05) is 30.3 Å². The van der Waals surface area contributed by atoms with Crippen LogP contribution in [0.15, 0.2) is 83.7 Å². The van der Waals surface area contributed by atoms with Gasteiger partial charge in [0.2, 0.25) is 11.8 Å². The van der Waals surface area contributed by atoms with Crippen LogP contribution in [0.2, 0.25) is 5.02 Å². The fraction of sp³-hybridized carbons (Fsp3) is 0.167. The number of benzene rings is 3. The molecular weight excluding hydrogens is 534 g/mol. The zero-order chi connectivity index (χ0) is 28.8. The van der Waals surface area contributed by atoms with E-state index in [1.54, 1.807) is 30.3 Å². The predicted molar refractivity (Wildman–Crippen MR) is 151 cm³/mol. The first-order valence-corrected chi connectivity index (χ1v) is 12.6. The lowest BCUT2D eigenvalue weighted by atomic mass is 9.98. The Labute approximate surface area is 235 Å². The minimum Gasteiger partial charge on any atom is -0.480 e. The van der Waals surface area contributed by atoms with E-state index in [9.17, 15) is 19.2 Å². The highest BCUT2D eigenvalue weighted by Gasteiger charge is 2.26. The quantitative estimate of drug-likeness (QED) is 0.227. The largest absolute Gasteiger partial charge is 0.480 e. The van der Waals surface area contributed by atoms with Crippen molar-refractivity contribution in [2.45, 2.75) is 19.4 Å². The summed E-state index contributed by atoms with van der Waals surface area (Å²) in [7, 11) is 2.66. The maximum absolute atomic E-state index is 13.6. The van der Waals surface area contributed by atoms with Crippen LogP contribution in [0, 0.1) is 0 Å². The molecule has 1 heterocycles. The fourth-order valence-corrected chi connectivity index (χ4v) is 4.40. The summed E-state index contributed by atoms with van der Waals surface area (Å²) in [5, 5.41) is 7.57. The Kier molecular flexibility index (Phi) is 8.76. The average Bonchev–Trinajstić information content (AvgIpc) is 2.96. The van der Waals surface area contributed by atoms with Gasteiger partial charge in [0.05, 0.1) is 25.3 Å². The summed E-state index contributed by atoms with van der Waals surface area (Å²) < 4.78 is 11.3. The van der Waals surface area contributed by atoms with Gasteiger partial charge >= 0.3 is 5.97 Å². The highest BCUT2D eigenvalue weighted by atomic mass is 35.5. The summed E-state index contributed by atoms with van der Waals surface area (Å²) in [5.41, 5.74) is 1.96. The molecule has 0 spiro atoms. The third-order valence-corrected chi connectivity index (χ3v) is 6.45. The molecule has 1 amide bonds. The topological polar surface area (TPSA) is 117 Å². The Balaban J connectivity index is 1.77. The Hall–Kier alpha value is -4.76. The lowest BCUT2D eigenvalue weighted by molar-refractivity contribution is -0.119. The molecule has 0 aliphatic rings. The molecule has 0 aliphatic carbocycles. The molecule has 0 radical (unpaired) electrons. The summed E-state index contributed by atoms with van der Waals surface area (Å²) in [5.74, 6) is -1.20. The van der Waals surface area contributed by atoms with Gasteiger partial charge in [0.25, 0.3) is 5.56 Å². The Morgan fingerprint density at radius 1 is 0.950 bits per heavy atom. The second kappa shape index (κ2) is 12.4.